The van der Waals surface area contributed by atoms with Gasteiger partial charge in [-0.25, -0.2) is 0 Å². The van der Waals surface area contributed by atoms with Crippen LogP contribution in [0.1, 0.15) is 31.4 Å². The molecule has 172 valence electrons. The molecule has 3 amide bonds. The van der Waals surface area contributed by atoms with Crippen molar-refractivity contribution in [3.63, 3.8) is 0 Å². The fourth-order valence-electron chi connectivity index (χ4n) is 3.91. The number of benzene rings is 2. The lowest BCUT2D eigenvalue weighted by atomic mass is 10.0. The first-order chi connectivity index (χ1) is 15.7. The Morgan fingerprint density at radius 2 is 1.97 bits per heavy atom. The summed E-state index contributed by atoms with van der Waals surface area (Å²) < 4.78 is 5.77. The SMILES string of the molecule is CC(=O)NC1=NN(C(C)=O)[C@]2(S1)C(=O)N(CCCOc1ccccc1Cl)c1ccc(C)cc12. The van der Waals surface area contributed by atoms with Crippen LogP contribution in [0.2, 0.25) is 5.02 Å². The Morgan fingerprint density at radius 3 is 2.67 bits per heavy atom. The molecule has 0 saturated heterocycles. The molecule has 33 heavy (non-hydrogen) atoms. The van der Waals surface area contributed by atoms with E-state index in [1.54, 1.807) is 17.0 Å². The zero-order chi connectivity index (χ0) is 23.8. The van der Waals surface area contributed by atoms with Crippen molar-refractivity contribution in [3.8, 4) is 5.75 Å². The summed E-state index contributed by atoms with van der Waals surface area (Å²) in [5.41, 5.74) is 2.33. The summed E-state index contributed by atoms with van der Waals surface area (Å²) in [4.78, 5) is 38.2. The molecular weight excluding hydrogens is 464 g/mol. The quantitative estimate of drug-likeness (QED) is 0.652. The number of carbonyl (C=O) groups excluding carboxylic acids is 3. The monoisotopic (exact) mass is 486 g/mol. The van der Waals surface area contributed by atoms with Crippen LogP contribution in [-0.4, -0.2) is 41.0 Å². The molecule has 2 aliphatic heterocycles. The lowest BCUT2D eigenvalue weighted by Gasteiger charge is -2.29. The van der Waals surface area contributed by atoms with Crippen molar-refractivity contribution in [2.24, 2.45) is 5.10 Å². The van der Waals surface area contributed by atoms with Crippen LogP contribution in [0.3, 0.4) is 0 Å². The Bertz CT molecular complexity index is 1170. The molecule has 0 radical (unpaired) electrons. The number of hydrazone groups is 1. The van der Waals surface area contributed by atoms with Gasteiger partial charge in [0.05, 0.1) is 17.3 Å². The number of anilines is 1. The molecule has 0 fully saturated rings. The molecule has 0 aromatic heterocycles. The molecule has 0 aliphatic carbocycles. The number of fused-ring (bicyclic) bond motifs is 2. The average molecular weight is 487 g/mol. The van der Waals surface area contributed by atoms with E-state index < -0.39 is 10.8 Å². The Balaban J connectivity index is 1.60. The second kappa shape index (κ2) is 9.07. The predicted octanol–water partition coefficient (Wildman–Crippen LogP) is 3.62. The number of carbonyl (C=O) groups is 3. The van der Waals surface area contributed by atoms with E-state index in [1.807, 2.05) is 37.3 Å². The van der Waals surface area contributed by atoms with E-state index in [-0.39, 0.29) is 17.0 Å². The Hall–Kier alpha value is -3.04. The second-order valence-electron chi connectivity index (χ2n) is 7.77. The van der Waals surface area contributed by atoms with Crippen molar-refractivity contribution >= 4 is 51.9 Å². The number of para-hydroxylation sites is 1. The molecule has 2 aromatic carbocycles. The first kappa shape index (κ1) is 23.1. The molecule has 0 bridgehead atoms. The summed E-state index contributed by atoms with van der Waals surface area (Å²) in [7, 11) is 0. The van der Waals surface area contributed by atoms with E-state index in [0.29, 0.717) is 41.6 Å². The van der Waals surface area contributed by atoms with Crippen molar-refractivity contribution in [1.82, 2.24) is 10.3 Å². The van der Waals surface area contributed by atoms with Gasteiger partial charge >= 0.3 is 0 Å². The third-order valence-electron chi connectivity index (χ3n) is 5.28. The number of nitrogens with zero attached hydrogens (tertiary/aromatic N) is 3. The number of aryl methyl sites for hydroxylation is 1. The standard InChI is InChI=1S/C23H23ClN4O4S/c1-14-9-10-19-17(13-14)23(28(16(3)30)26-22(33-23)25-15(2)29)21(31)27(19)11-6-12-32-20-8-5-4-7-18(20)24/h4-5,7-10,13H,6,11-12H2,1-3H3,(H,25,26,29)/t23-/m1/s1. The lowest BCUT2D eigenvalue weighted by Crippen LogP contribution is -2.48. The number of amides is 3. The molecule has 4 rings (SSSR count). The smallest absolute Gasteiger partial charge is 0.270 e. The van der Waals surface area contributed by atoms with E-state index in [9.17, 15) is 14.4 Å². The van der Waals surface area contributed by atoms with Crippen molar-refractivity contribution in [1.29, 1.82) is 0 Å². The van der Waals surface area contributed by atoms with Gasteiger partial charge in [-0.1, -0.05) is 41.4 Å². The summed E-state index contributed by atoms with van der Waals surface area (Å²) in [5, 5.41) is 8.78. The molecule has 2 aromatic rings. The van der Waals surface area contributed by atoms with Crippen LogP contribution in [0.4, 0.5) is 5.69 Å². The molecule has 0 unspecified atom stereocenters. The van der Waals surface area contributed by atoms with Crippen LogP contribution in [-0.2, 0) is 19.3 Å². The van der Waals surface area contributed by atoms with Gasteiger partial charge in [-0.15, -0.1) is 5.10 Å². The number of hydrogen-bond acceptors (Lipinski definition) is 6. The molecule has 2 aliphatic rings. The van der Waals surface area contributed by atoms with Crippen LogP contribution in [0, 0.1) is 6.92 Å². The number of hydrogen-bond donors (Lipinski definition) is 1. The van der Waals surface area contributed by atoms with E-state index in [0.717, 1.165) is 17.3 Å². The van der Waals surface area contributed by atoms with Gasteiger partial charge in [0.15, 0.2) is 5.17 Å². The predicted molar refractivity (Wildman–Crippen MR) is 128 cm³/mol. The third kappa shape index (κ3) is 4.18. The van der Waals surface area contributed by atoms with Gasteiger partial charge in [0.2, 0.25) is 16.7 Å². The first-order valence-electron chi connectivity index (χ1n) is 10.4. The Labute approximate surface area is 200 Å². The van der Waals surface area contributed by atoms with Gasteiger partial charge in [-0.3, -0.25) is 14.4 Å². The van der Waals surface area contributed by atoms with Gasteiger partial charge in [0.1, 0.15) is 5.75 Å². The van der Waals surface area contributed by atoms with Crippen molar-refractivity contribution in [2.75, 3.05) is 18.1 Å². The van der Waals surface area contributed by atoms with Crippen LogP contribution in [0.25, 0.3) is 0 Å². The maximum absolute atomic E-state index is 13.8. The minimum absolute atomic E-state index is 0.211. The number of ether oxygens (including phenoxy) is 1. The summed E-state index contributed by atoms with van der Waals surface area (Å²) in [5.74, 6) is -0.426. The van der Waals surface area contributed by atoms with E-state index in [2.05, 4.69) is 10.4 Å². The van der Waals surface area contributed by atoms with Crippen LogP contribution >= 0.6 is 23.4 Å². The number of thioether (sulfide) groups is 1. The van der Waals surface area contributed by atoms with E-state index in [1.165, 1.54) is 18.9 Å². The maximum Gasteiger partial charge on any atom is 0.270 e. The fraction of sp³-hybridized carbons (Fsp3) is 0.304. The van der Waals surface area contributed by atoms with Crippen molar-refractivity contribution < 1.29 is 19.1 Å². The normalized spacial score (nSPS) is 19.0. The van der Waals surface area contributed by atoms with Gasteiger partial charge in [-0.05, 0) is 43.3 Å². The lowest BCUT2D eigenvalue weighted by molar-refractivity contribution is -0.139. The third-order valence-corrected chi connectivity index (χ3v) is 6.83. The number of amidine groups is 1. The van der Waals surface area contributed by atoms with Crippen molar-refractivity contribution in [2.45, 2.75) is 32.1 Å². The molecule has 1 atom stereocenters. The average Bonchev–Trinajstić information content (AvgIpc) is 3.24. The first-order valence-corrected chi connectivity index (χ1v) is 11.6. The van der Waals surface area contributed by atoms with Gasteiger partial charge in [0, 0.05) is 26.0 Å². The summed E-state index contributed by atoms with van der Waals surface area (Å²) in [6.07, 6.45) is 0.546. The minimum atomic E-state index is -1.39. The zero-order valence-corrected chi connectivity index (χ0v) is 20.0. The Morgan fingerprint density at radius 1 is 1.21 bits per heavy atom. The Kier molecular flexibility index (Phi) is 6.36. The van der Waals surface area contributed by atoms with Gasteiger partial charge in [-0.2, -0.15) is 5.01 Å². The van der Waals surface area contributed by atoms with Crippen LogP contribution < -0.4 is 15.0 Å². The second-order valence-corrected chi connectivity index (χ2v) is 9.36. The highest BCUT2D eigenvalue weighted by molar-refractivity contribution is 8.15. The molecule has 1 spiro atoms. The highest BCUT2D eigenvalue weighted by Crippen LogP contribution is 2.54. The molecule has 0 saturated carbocycles. The van der Waals surface area contributed by atoms with Crippen LogP contribution in [0.5, 0.6) is 5.75 Å². The molecule has 8 nitrogen and oxygen atoms in total. The summed E-state index contributed by atoms with van der Waals surface area (Å²) in [6.45, 7) is 5.37. The highest BCUT2D eigenvalue weighted by atomic mass is 35.5. The summed E-state index contributed by atoms with van der Waals surface area (Å²) >= 11 is 7.21. The van der Waals surface area contributed by atoms with Gasteiger partial charge in [0.25, 0.3) is 5.91 Å². The molecular formula is C23H23ClN4O4S. The van der Waals surface area contributed by atoms with E-state index in [4.69, 9.17) is 16.3 Å². The zero-order valence-electron chi connectivity index (χ0n) is 18.4. The van der Waals surface area contributed by atoms with Gasteiger partial charge < -0.3 is 15.0 Å². The molecule has 10 heteroatoms. The highest BCUT2D eigenvalue weighted by Gasteiger charge is 2.61. The molecule has 1 N–H and O–H groups in total. The number of nitrogens with one attached hydrogen (secondary N) is 1. The number of rotatable bonds is 5. The largest absolute Gasteiger partial charge is 0.492 e. The summed E-state index contributed by atoms with van der Waals surface area (Å²) in [6, 6.07) is 12.9. The maximum atomic E-state index is 13.8. The minimum Gasteiger partial charge on any atom is -0.492 e. The topological polar surface area (TPSA) is 91.3 Å². The molecule has 2 heterocycles. The van der Waals surface area contributed by atoms with E-state index >= 15 is 0 Å². The number of halogens is 1. The van der Waals surface area contributed by atoms with Crippen LogP contribution in [0.15, 0.2) is 47.6 Å². The fourth-order valence-corrected chi connectivity index (χ4v) is 5.43. The van der Waals surface area contributed by atoms with Crippen molar-refractivity contribution in [3.05, 3.63) is 58.6 Å².